The van der Waals surface area contributed by atoms with E-state index in [9.17, 15) is 0 Å². The largest absolute Gasteiger partial charge is 0.261 e. The van der Waals surface area contributed by atoms with Gasteiger partial charge in [0.25, 0.3) is 0 Å². The summed E-state index contributed by atoms with van der Waals surface area (Å²) in [6, 6.07) is 6.57. The first kappa shape index (κ1) is 11.1. The predicted octanol–water partition coefficient (Wildman–Crippen LogP) is 4.15. The standard InChI is InChI=1S/C15H19N/c1-11-5-4-6-15(16-10-11)14-8-7-12(2)13(3)9-14/h6-11H,4-5H2,1-3H3. The molecule has 84 valence electrons. The van der Waals surface area contributed by atoms with E-state index >= 15 is 0 Å². The average molecular weight is 213 g/mol. The molecule has 1 nitrogen and oxygen atoms in total. The van der Waals surface area contributed by atoms with Gasteiger partial charge in [-0.15, -0.1) is 0 Å². The van der Waals surface area contributed by atoms with Crippen molar-refractivity contribution in [1.82, 2.24) is 0 Å². The number of allylic oxidation sites excluding steroid dienone is 1. The van der Waals surface area contributed by atoms with Gasteiger partial charge in [-0.1, -0.05) is 25.1 Å². The summed E-state index contributed by atoms with van der Waals surface area (Å²) in [5.74, 6) is 0.597. The number of hydrogen-bond acceptors (Lipinski definition) is 1. The van der Waals surface area contributed by atoms with Gasteiger partial charge in [-0.2, -0.15) is 0 Å². The molecule has 0 bridgehead atoms. The van der Waals surface area contributed by atoms with Crippen molar-refractivity contribution < 1.29 is 0 Å². The van der Waals surface area contributed by atoms with Crippen LogP contribution in [0.4, 0.5) is 0 Å². The Morgan fingerprint density at radius 3 is 2.75 bits per heavy atom. The molecule has 1 aliphatic rings. The number of aryl methyl sites for hydroxylation is 2. The fourth-order valence-electron chi connectivity index (χ4n) is 1.91. The van der Waals surface area contributed by atoms with E-state index in [1.165, 1.54) is 23.1 Å². The minimum Gasteiger partial charge on any atom is -0.261 e. The van der Waals surface area contributed by atoms with Gasteiger partial charge < -0.3 is 0 Å². The van der Waals surface area contributed by atoms with Crippen LogP contribution in [0, 0.1) is 19.8 Å². The average Bonchev–Trinajstić information content (AvgIpc) is 2.47. The van der Waals surface area contributed by atoms with Crippen LogP contribution in [0.1, 0.15) is 36.5 Å². The lowest BCUT2D eigenvalue weighted by Gasteiger charge is -2.05. The molecule has 0 N–H and O–H groups in total. The van der Waals surface area contributed by atoms with Crippen LogP contribution in [-0.4, -0.2) is 6.21 Å². The normalized spacial score (nSPS) is 20.4. The Morgan fingerprint density at radius 1 is 1.19 bits per heavy atom. The summed E-state index contributed by atoms with van der Waals surface area (Å²) in [6.07, 6.45) is 6.67. The summed E-state index contributed by atoms with van der Waals surface area (Å²) < 4.78 is 0. The van der Waals surface area contributed by atoms with Gasteiger partial charge in [-0.25, -0.2) is 0 Å². The number of rotatable bonds is 1. The lowest BCUT2D eigenvalue weighted by Crippen LogP contribution is -1.92. The lowest BCUT2D eigenvalue weighted by molar-refractivity contribution is 0.712. The van der Waals surface area contributed by atoms with Crippen molar-refractivity contribution in [3.8, 4) is 0 Å². The van der Waals surface area contributed by atoms with Crippen LogP contribution in [0.2, 0.25) is 0 Å². The summed E-state index contributed by atoms with van der Waals surface area (Å²) in [6.45, 7) is 6.52. The third kappa shape index (κ3) is 2.41. The fraction of sp³-hybridized carbons (Fsp3) is 0.400. The van der Waals surface area contributed by atoms with Gasteiger partial charge in [-0.3, -0.25) is 4.99 Å². The maximum Gasteiger partial charge on any atom is 0.0658 e. The summed E-state index contributed by atoms with van der Waals surface area (Å²) in [5.41, 5.74) is 5.06. The molecular weight excluding hydrogens is 194 g/mol. The Kier molecular flexibility index (Phi) is 3.23. The smallest absolute Gasteiger partial charge is 0.0658 e. The zero-order valence-corrected chi connectivity index (χ0v) is 10.3. The second-order valence-corrected chi connectivity index (χ2v) is 4.72. The fourth-order valence-corrected chi connectivity index (χ4v) is 1.91. The van der Waals surface area contributed by atoms with Crippen LogP contribution >= 0.6 is 0 Å². The number of benzene rings is 1. The molecule has 0 aromatic heterocycles. The van der Waals surface area contributed by atoms with Gasteiger partial charge in [0.15, 0.2) is 0 Å². The molecule has 1 aliphatic heterocycles. The van der Waals surface area contributed by atoms with Crippen LogP contribution in [0.15, 0.2) is 29.3 Å². The van der Waals surface area contributed by atoms with Crippen molar-refractivity contribution in [2.75, 3.05) is 0 Å². The van der Waals surface area contributed by atoms with Crippen LogP contribution in [-0.2, 0) is 0 Å². The Hall–Kier alpha value is -1.37. The zero-order valence-electron chi connectivity index (χ0n) is 10.3. The van der Waals surface area contributed by atoms with Crippen LogP contribution in [0.25, 0.3) is 5.70 Å². The van der Waals surface area contributed by atoms with E-state index < -0.39 is 0 Å². The number of nitrogens with zero attached hydrogens (tertiary/aromatic N) is 1. The molecule has 0 spiro atoms. The third-order valence-electron chi connectivity index (χ3n) is 3.23. The highest BCUT2D eigenvalue weighted by Crippen LogP contribution is 2.23. The van der Waals surface area contributed by atoms with Gasteiger partial charge >= 0.3 is 0 Å². The molecule has 0 radical (unpaired) electrons. The first-order chi connectivity index (χ1) is 7.66. The highest BCUT2D eigenvalue weighted by Gasteiger charge is 2.06. The first-order valence-corrected chi connectivity index (χ1v) is 5.99. The molecule has 0 fully saturated rings. The van der Waals surface area contributed by atoms with E-state index in [0.29, 0.717) is 5.92 Å². The van der Waals surface area contributed by atoms with E-state index in [4.69, 9.17) is 0 Å². The van der Waals surface area contributed by atoms with Crippen molar-refractivity contribution in [3.63, 3.8) is 0 Å². The minimum absolute atomic E-state index is 0.597. The Bertz CT molecular complexity index is 441. The number of aliphatic imine (C=N–C) groups is 1. The summed E-state index contributed by atoms with van der Waals surface area (Å²) in [5, 5.41) is 0. The predicted molar refractivity (Wildman–Crippen MR) is 70.8 cm³/mol. The van der Waals surface area contributed by atoms with Gasteiger partial charge in [-0.05, 0) is 49.8 Å². The molecule has 0 aliphatic carbocycles. The molecule has 0 saturated heterocycles. The maximum atomic E-state index is 4.58. The first-order valence-electron chi connectivity index (χ1n) is 5.99. The van der Waals surface area contributed by atoms with Crippen LogP contribution in [0.3, 0.4) is 0 Å². The lowest BCUT2D eigenvalue weighted by atomic mass is 10.0. The summed E-state index contributed by atoms with van der Waals surface area (Å²) in [4.78, 5) is 4.58. The quantitative estimate of drug-likeness (QED) is 0.664. The van der Waals surface area contributed by atoms with Crippen molar-refractivity contribution in [3.05, 3.63) is 41.0 Å². The SMILES string of the molecule is Cc1ccc(C2=CCCC(C)C=N2)cc1C. The van der Waals surface area contributed by atoms with E-state index in [2.05, 4.69) is 56.3 Å². The Labute approximate surface area is 97.9 Å². The molecule has 1 heteroatoms. The van der Waals surface area contributed by atoms with Crippen LogP contribution < -0.4 is 0 Å². The third-order valence-corrected chi connectivity index (χ3v) is 3.23. The van der Waals surface area contributed by atoms with Gasteiger partial charge in [0, 0.05) is 11.8 Å². The monoisotopic (exact) mass is 213 g/mol. The van der Waals surface area contributed by atoms with E-state index in [1.807, 2.05) is 0 Å². The second kappa shape index (κ2) is 4.65. The molecule has 0 amide bonds. The van der Waals surface area contributed by atoms with Crippen LogP contribution in [0.5, 0.6) is 0 Å². The molecule has 1 atom stereocenters. The maximum absolute atomic E-state index is 4.58. The Morgan fingerprint density at radius 2 is 2.00 bits per heavy atom. The summed E-state index contributed by atoms with van der Waals surface area (Å²) in [7, 11) is 0. The molecule has 1 aromatic carbocycles. The van der Waals surface area contributed by atoms with E-state index in [-0.39, 0.29) is 0 Å². The Balaban J connectivity index is 2.33. The molecule has 1 aromatic rings. The van der Waals surface area contributed by atoms with Gasteiger partial charge in [0.1, 0.15) is 0 Å². The second-order valence-electron chi connectivity index (χ2n) is 4.72. The van der Waals surface area contributed by atoms with E-state index in [1.54, 1.807) is 0 Å². The van der Waals surface area contributed by atoms with Crippen molar-refractivity contribution in [2.45, 2.75) is 33.6 Å². The molecule has 2 rings (SSSR count). The zero-order chi connectivity index (χ0) is 11.5. The highest BCUT2D eigenvalue weighted by atomic mass is 14.7. The molecule has 16 heavy (non-hydrogen) atoms. The highest BCUT2D eigenvalue weighted by molar-refractivity contribution is 5.76. The molecular formula is C15H19N. The molecule has 1 heterocycles. The molecule has 0 saturated carbocycles. The topological polar surface area (TPSA) is 12.4 Å². The molecule has 1 unspecified atom stereocenters. The van der Waals surface area contributed by atoms with Gasteiger partial charge in [0.2, 0.25) is 0 Å². The van der Waals surface area contributed by atoms with Crippen molar-refractivity contribution in [2.24, 2.45) is 10.9 Å². The summed E-state index contributed by atoms with van der Waals surface area (Å²) >= 11 is 0. The van der Waals surface area contributed by atoms with E-state index in [0.717, 1.165) is 12.1 Å². The minimum atomic E-state index is 0.597. The number of hydrogen-bond donors (Lipinski definition) is 0. The van der Waals surface area contributed by atoms with Gasteiger partial charge in [0.05, 0.1) is 5.70 Å². The van der Waals surface area contributed by atoms with Crippen molar-refractivity contribution >= 4 is 11.9 Å². The van der Waals surface area contributed by atoms with Crippen molar-refractivity contribution in [1.29, 1.82) is 0 Å².